The predicted molar refractivity (Wildman–Crippen MR) is 88.9 cm³/mol. The van der Waals surface area contributed by atoms with Crippen molar-refractivity contribution in [2.24, 2.45) is 0 Å². The second-order valence-electron chi connectivity index (χ2n) is 5.82. The van der Waals surface area contributed by atoms with Gasteiger partial charge in [0.25, 0.3) is 0 Å². The summed E-state index contributed by atoms with van der Waals surface area (Å²) in [4.78, 5) is 3.15. The van der Waals surface area contributed by atoms with Gasteiger partial charge in [-0.25, -0.2) is 0 Å². The molecule has 0 aliphatic heterocycles. The monoisotopic (exact) mass is 353 g/mol. The molecule has 3 rings (SSSR count). The van der Waals surface area contributed by atoms with Crippen LogP contribution in [0.5, 0.6) is 11.5 Å². The number of para-hydroxylation sites is 1. The normalized spacial score (nSPS) is 12.1. The van der Waals surface area contributed by atoms with Gasteiger partial charge in [0.1, 0.15) is 5.75 Å². The lowest BCUT2D eigenvalue weighted by Crippen LogP contribution is -2.07. The highest BCUT2D eigenvalue weighted by molar-refractivity contribution is 6.32. The molecule has 2 nitrogen and oxygen atoms in total. The van der Waals surface area contributed by atoms with Crippen LogP contribution in [0.1, 0.15) is 30.9 Å². The van der Waals surface area contributed by atoms with Crippen molar-refractivity contribution in [3.05, 3.63) is 58.7 Å². The molecule has 126 valence electrons. The van der Waals surface area contributed by atoms with Crippen molar-refractivity contribution >= 4 is 22.5 Å². The van der Waals surface area contributed by atoms with Crippen LogP contribution in [0.15, 0.2) is 42.6 Å². The number of halogens is 4. The van der Waals surface area contributed by atoms with Crippen LogP contribution in [0.3, 0.4) is 0 Å². The molecule has 0 bridgehead atoms. The van der Waals surface area contributed by atoms with Crippen LogP contribution in [0, 0.1) is 0 Å². The molecule has 24 heavy (non-hydrogen) atoms. The zero-order valence-electron chi connectivity index (χ0n) is 13.0. The van der Waals surface area contributed by atoms with E-state index in [-0.39, 0.29) is 16.7 Å². The summed E-state index contributed by atoms with van der Waals surface area (Å²) in [5, 5.41) is 0.839. The molecular weight excluding hydrogens is 339 g/mol. The maximum absolute atomic E-state index is 13.2. The lowest BCUT2D eigenvalue weighted by atomic mass is 10.0. The fraction of sp³-hybridized carbons (Fsp3) is 0.222. The Morgan fingerprint density at radius 1 is 1.12 bits per heavy atom. The standard InChI is InChI=1S/C18H15ClF3NO/c1-10(2)13-9-23-16-7-6-11(8-12(13)16)24-17-14(18(20,21)22)4-3-5-15(17)19/h3-10,23H,1-2H3. The quantitative estimate of drug-likeness (QED) is 0.553. The molecule has 0 saturated carbocycles. The van der Waals surface area contributed by atoms with Crippen LogP contribution >= 0.6 is 11.6 Å². The Hall–Kier alpha value is -2.14. The number of H-pyrrole nitrogens is 1. The van der Waals surface area contributed by atoms with Gasteiger partial charge in [-0.1, -0.05) is 31.5 Å². The highest BCUT2D eigenvalue weighted by Crippen LogP contribution is 2.42. The molecule has 1 N–H and O–H groups in total. The third-order valence-electron chi connectivity index (χ3n) is 3.80. The number of nitrogens with one attached hydrogen (secondary N) is 1. The molecule has 0 unspecified atom stereocenters. The van der Waals surface area contributed by atoms with Gasteiger partial charge in [-0.2, -0.15) is 13.2 Å². The molecule has 0 aliphatic rings. The molecule has 1 heterocycles. The lowest BCUT2D eigenvalue weighted by Gasteiger charge is -2.15. The molecule has 0 saturated heterocycles. The molecule has 0 atom stereocenters. The Morgan fingerprint density at radius 3 is 2.54 bits per heavy atom. The Morgan fingerprint density at radius 2 is 1.88 bits per heavy atom. The molecule has 0 spiro atoms. The third kappa shape index (κ3) is 3.08. The molecule has 0 radical (unpaired) electrons. The molecule has 2 aromatic carbocycles. The zero-order chi connectivity index (χ0) is 17.5. The topological polar surface area (TPSA) is 25.0 Å². The fourth-order valence-corrected chi connectivity index (χ4v) is 2.83. The summed E-state index contributed by atoms with van der Waals surface area (Å²) in [7, 11) is 0. The first-order chi connectivity index (χ1) is 11.3. The van der Waals surface area contributed by atoms with Gasteiger partial charge in [0, 0.05) is 17.1 Å². The molecule has 0 amide bonds. The van der Waals surface area contributed by atoms with Crippen molar-refractivity contribution in [3.8, 4) is 11.5 Å². The number of aromatic nitrogens is 1. The molecule has 0 aliphatic carbocycles. The number of benzene rings is 2. The number of ether oxygens (including phenoxy) is 1. The average Bonchev–Trinajstić information content (AvgIpc) is 2.91. The van der Waals surface area contributed by atoms with Crippen molar-refractivity contribution in [2.45, 2.75) is 25.9 Å². The molecule has 3 aromatic rings. The van der Waals surface area contributed by atoms with E-state index in [1.54, 1.807) is 18.2 Å². The first kappa shape index (κ1) is 16.7. The van der Waals surface area contributed by atoms with E-state index in [2.05, 4.69) is 4.98 Å². The van der Waals surface area contributed by atoms with Gasteiger partial charge < -0.3 is 9.72 Å². The Bertz CT molecular complexity index is 884. The van der Waals surface area contributed by atoms with Crippen LogP contribution in [-0.2, 0) is 6.18 Å². The van der Waals surface area contributed by atoms with Crippen molar-refractivity contribution < 1.29 is 17.9 Å². The Labute approximate surface area is 142 Å². The highest BCUT2D eigenvalue weighted by Gasteiger charge is 2.35. The van der Waals surface area contributed by atoms with E-state index in [1.165, 1.54) is 12.1 Å². The second-order valence-corrected chi connectivity index (χ2v) is 6.23. The molecular formula is C18H15ClF3NO. The largest absolute Gasteiger partial charge is 0.455 e. The minimum absolute atomic E-state index is 0.0805. The first-order valence-electron chi connectivity index (χ1n) is 7.42. The fourth-order valence-electron chi connectivity index (χ4n) is 2.62. The molecule has 6 heteroatoms. The van der Waals surface area contributed by atoms with E-state index < -0.39 is 11.7 Å². The van der Waals surface area contributed by atoms with Gasteiger partial charge in [-0.05, 0) is 41.8 Å². The number of alkyl halides is 3. The number of aromatic amines is 1. The van der Waals surface area contributed by atoms with Gasteiger partial charge >= 0.3 is 6.18 Å². The van der Waals surface area contributed by atoms with E-state index in [0.29, 0.717) is 5.75 Å². The van der Waals surface area contributed by atoms with Gasteiger partial charge in [-0.15, -0.1) is 0 Å². The minimum atomic E-state index is -4.54. The number of fused-ring (bicyclic) bond motifs is 1. The van der Waals surface area contributed by atoms with Crippen LogP contribution in [0.4, 0.5) is 13.2 Å². The SMILES string of the molecule is CC(C)c1c[nH]c2ccc(Oc3c(Cl)cccc3C(F)(F)F)cc12. The van der Waals surface area contributed by atoms with Crippen LogP contribution in [-0.4, -0.2) is 4.98 Å². The molecule has 0 fully saturated rings. The summed E-state index contributed by atoms with van der Waals surface area (Å²) in [6, 6.07) is 8.71. The lowest BCUT2D eigenvalue weighted by molar-refractivity contribution is -0.138. The Balaban J connectivity index is 2.06. The van der Waals surface area contributed by atoms with E-state index in [4.69, 9.17) is 16.3 Å². The average molecular weight is 354 g/mol. The predicted octanol–water partition coefficient (Wildman–Crippen LogP) is 6.76. The molecule has 1 aromatic heterocycles. The summed E-state index contributed by atoms with van der Waals surface area (Å²) < 4.78 is 45.0. The summed E-state index contributed by atoms with van der Waals surface area (Å²) in [6.45, 7) is 4.10. The summed E-state index contributed by atoms with van der Waals surface area (Å²) in [6.07, 6.45) is -2.64. The highest BCUT2D eigenvalue weighted by atomic mass is 35.5. The van der Waals surface area contributed by atoms with Gasteiger partial charge in [0.2, 0.25) is 0 Å². The van der Waals surface area contributed by atoms with Crippen molar-refractivity contribution in [2.75, 3.05) is 0 Å². The Kier molecular flexibility index (Phi) is 4.22. The van der Waals surface area contributed by atoms with Crippen LogP contribution < -0.4 is 4.74 Å². The van der Waals surface area contributed by atoms with Crippen molar-refractivity contribution in [3.63, 3.8) is 0 Å². The van der Waals surface area contributed by atoms with Crippen LogP contribution in [0.25, 0.3) is 10.9 Å². The van der Waals surface area contributed by atoms with E-state index in [1.807, 2.05) is 20.0 Å². The van der Waals surface area contributed by atoms with Gasteiger partial charge in [0.15, 0.2) is 5.75 Å². The minimum Gasteiger partial charge on any atom is -0.455 e. The maximum atomic E-state index is 13.2. The van der Waals surface area contributed by atoms with Crippen molar-refractivity contribution in [1.29, 1.82) is 0 Å². The number of hydrogen-bond donors (Lipinski definition) is 1. The first-order valence-corrected chi connectivity index (χ1v) is 7.79. The second kappa shape index (κ2) is 6.06. The van der Waals surface area contributed by atoms with Gasteiger partial charge in [-0.3, -0.25) is 0 Å². The van der Waals surface area contributed by atoms with Gasteiger partial charge in [0.05, 0.1) is 10.6 Å². The maximum Gasteiger partial charge on any atom is 0.420 e. The third-order valence-corrected chi connectivity index (χ3v) is 4.10. The number of rotatable bonds is 3. The summed E-state index contributed by atoms with van der Waals surface area (Å²) in [5.74, 6) is 0.204. The van der Waals surface area contributed by atoms with E-state index >= 15 is 0 Å². The van der Waals surface area contributed by atoms with E-state index in [9.17, 15) is 13.2 Å². The summed E-state index contributed by atoms with van der Waals surface area (Å²) in [5.41, 5.74) is 1.08. The number of hydrogen-bond acceptors (Lipinski definition) is 1. The zero-order valence-corrected chi connectivity index (χ0v) is 13.8. The van der Waals surface area contributed by atoms with E-state index in [0.717, 1.165) is 22.5 Å². The summed E-state index contributed by atoms with van der Waals surface area (Å²) >= 11 is 5.93. The van der Waals surface area contributed by atoms with Crippen molar-refractivity contribution in [1.82, 2.24) is 4.98 Å². The smallest absolute Gasteiger partial charge is 0.420 e. The van der Waals surface area contributed by atoms with Crippen LogP contribution in [0.2, 0.25) is 5.02 Å².